The van der Waals surface area contributed by atoms with Crippen molar-refractivity contribution < 1.29 is 9.47 Å². The van der Waals surface area contributed by atoms with E-state index in [1.165, 1.54) is 25.7 Å². The summed E-state index contributed by atoms with van der Waals surface area (Å²) in [5, 5.41) is 0. The van der Waals surface area contributed by atoms with E-state index in [0.717, 1.165) is 13.2 Å². The topological polar surface area (TPSA) is 18.5 Å². The Labute approximate surface area is 80.6 Å². The molecule has 2 aliphatic rings. The van der Waals surface area contributed by atoms with Gasteiger partial charge in [-0.1, -0.05) is 13.8 Å². The van der Waals surface area contributed by atoms with Gasteiger partial charge in [-0.2, -0.15) is 0 Å². The Balaban J connectivity index is 1.45. The number of hydrogen-bond acceptors (Lipinski definition) is 2. The summed E-state index contributed by atoms with van der Waals surface area (Å²) in [4.78, 5) is 0. The van der Waals surface area contributed by atoms with Crippen LogP contribution in [0.1, 0.15) is 39.5 Å². The number of ether oxygens (including phenoxy) is 2. The van der Waals surface area contributed by atoms with Gasteiger partial charge in [-0.05, 0) is 36.5 Å². The molecule has 0 bridgehead atoms. The zero-order valence-electron chi connectivity index (χ0n) is 8.77. The lowest BCUT2D eigenvalue weighted by Gasteiger charge is -2.11. The molecule has 0 amide bonds. The minimum atomic E-state index is 0.491. The second-order valence-electron chi connectivity index (χ2n) is 5.44. The molecule has 2 aliphatic carbocycles. The first-order chi connectivity index (χ1) is 6.12. The smallest absolute Gasteiger partial charge is 0.146 e. The van der Waals surface area contributed by atoms with Crippen LogP contribution in [0.3, 0.4) is 0 Å². The lowest BCUT2D eigenvalue weighted by Crippen LogP contribution is -2.12. The summed E-state index contributed by atoms with van der Waals surface area (Å²) in [6, 6.07) is 0. The summed E-state index contributed by atoms with van der Waals surface area (Å²) in [6.45, 7) is 6.79. The third kappa shape index (κ3) is 2.96. The third-order valence-corrected chi connectivity index (χ3v) is 3.27. The van der Waals surface area contributed by atoms with E-state index in [1.54, 1.807) is 0 Å². The molecule has 2 rings (SSSR count). The van der Waals surface area contributed by atoms with Gasteiger partial charge in [-0.3, -0.25) is 0 Å². The van der Waals surface area contributed by atoms with Crippen molar-refractivity contribution in [3.63, 3.8) is 0 Å². The predicted molar refractivity (Wildman–Crippen MR) is 51.5 cm³/mol. The molecule has 0 aromatic rings. The van der Waals surface area contributed by atoms with E-state index in [1.807, 2.05) is 0 Å². The van der Waals surface area contributed by atoms with Crippen molar-refractivity contribution in [3.05, 3.63) is 0 Å². The fourth-order valence-corrected chi connectivity index (χ4v) is 1.35. The summed E-state index contributed by atoms with van der Waals surface area (Å²) in [5.41, 5.74) is 0.986. The van der Waals surface area contributed by atoms with Crippen LogP contribution in [0.15, 0.2) is 0 Å². The largest absolute Gasteiger partial charge is 0.355 e. The second kappa shape index (κ2) is 3.25. The van der Waals surface area contributed by atoms with Gasteiger partial charge in [-0.15, -0.1) is 0 Å². The quantitative estimate of drug-likeness (QED) is 0.466. The minimum absolute atomic E-state index is 0.491. The molecule has 0 N–H and O–H groups in total. The molecule has 2 fully saturated rings. The van der Waals surface area contributed by atoms with Gasteiger partial charge < -0.3 is 9.47 Å². The highest BCUT2D eigenvalue weighted by atomic mass is 16.7. The molecule has 0 heterocycles. The summed E-state index contributed by atoms with van der Waals surface area (Å²) >= 11 is 0. The zero-order chi connectivity index (χ0) is 9.36. The van der Waals surface area contributed by atoms with Gasteiger partial charge in [0.25, 0.3) is 0 Å². The van der Waals surface area contributed by atoms with Crippen LogP contribution in [-0.2, 0) is 9.47 Å². The molecular formula is C11H20O2. The summed E-state index contributed by atoms with van der Waals surface area (Å²) in [5.74, 6) is 0. The second-order valence-corrected chi connectivity index (χ2v) is 5.44. The molecule has 2 heteroatoms. The first-order valence-corrected chi connectivity index (χ1v) is 5.28. The maximum absolute atomic E-state index is 5.46. The van der Waals surface area contributed by atoms with Crippen molar-refractivity contribution in [2.75, 3.05) is 20.0 Å². The molecule has 2 saturated carbocycles. The Hall–Kier alpha value is -0.0800. The highest BCUT2D eigenvalue weighted by Gasteiger charge is 2.38. The van der Waals surface area contributed by atoms with Crippen molar-refractivity contribution in [2.24, 2.45) is 10.8 Å². The van der Waals surface area contributed by atoms with Crippen molar-refractivity contribution >= 4 is 0 Å². The standard InChI is InChI=1S/C11H20O2/c1-10(3-4-10)7-12-9-13-8-11(2)5-6-11/h3-9H2,1-2H3. The lowest BCUT2D eigenvalue weighted by atomic mass is 10.2. The Morgan fingerprint density at radius 3 is 1.54 bits per heavy atom. The fraction of sp³-hybridized carbons (Fsp3) is 1.00. The SMILES string of the molecule is CC1(COCOCC2(C)CC2)CC1. The van der Waals surface area contributed by atoms with Gasteiger partial charge >= 0.3 is 0 Å². The number of rotatable bonds is 6. The Kier molecular flexibility index (Phi) is 2.37. The van der Waals surface area contributed by atoms with E-state index in [-0.39, 0.29) is 0 Å². The van der Waals surface area contributed by atoms with Crippen LogP contribution in [0, 0.1) is 10.8 Å². The van der Waals surface area contributed by atoms with Gasteiger partial charge in [0.05, 0.1) is 13.2 Å². The summed E-state index contributed by atoms with van der Waals surface area (Å²) in [6.07, 6.45) is 5.30. The number of hydrogen-bond donors (Lipinski definition) is 0. The Bertz CT molecular complexity index is 161. The molecule has 13 heavy (non-hydrogen) atoms. The molecule has 0 unspecified atom stereocenters. The molecule has 0 aliphatic heterocycles. The van der Waals surface area contributed by atoms with Crippen LogP contribution in [-0.4, -0.2) is 20.0 Å². The molecule has 0 radical (unpaired) electrons. The monoisotopic (exact) mass is 184 g/mol. The van der Waals surface area contributed by atoms with E-state index in [0.29, 0.717) is 17.6 Å². The van der Waals surface area contributed by atoms with Crippen LogP contribution < -0.4 is 0 Å². The van der Waals surface area contributed by atoms with E-state index >= 15 is 0 Å². The molecule has 76 valence electrons. The van der Waals surface area contributed by atoms with Crippen LogP contribution in [0.25, 0.3) is 0 Å². The van der Waals surface area contributed by atoms with Crippen LogP contribution in [0.4, 0.5) is 0 Å². The highest BCUT2D eigenvalue weighted by molar-refractivity contribution is 4.88. The maximum atomic E-state index is 5.46. The van der Waals surface area contributed by atoms with Crippen molar-refractivity contribution in [1.82, 2.24) is 0 Å². The van der Waals surface area contributed by atoms with Gasteiger partial charge in [0, 0.05) is 0 Å². The van der Waals surface area contributed by atoms with E-state index in [4.69, 9.17) is 9.47 Å². The van der Waals surface area contributed by atoms with Gasteiger partial charge in [0.2, 0.25) is 0 Å². The summed E-state index contributed by atoms with van der Waals surface area (Å²) in [7, 11) is 0. The van der Waals surface area contributed by atoms with Gasteiger partial charge in [-0.25, -0.2) is 0 Å². The normalized spacial score (nSPS) is 27.2. The van der Waals surface area contributed by atoms with E-state index < -0.39 is 0 Å². The van der Waals surface area contributed by atoms with Crippen molar-refractivity contribution in [2.45, 2.75) is 39.5 Å². The van der Waals surface area contributed by atoms with Crippen molar-refractivity contribution in [3.8, 4) is 0 Å². The lowest BCUT2D eigenvalue weighted by molar-refractivity contribution is -0.0770. The highest BCUT2D eigenvalue weighted by Crippen LogP contribution is 2.46. The zero-order valence-corrected chi connectivity index (χ0v) is 8.77. The molecule has 0 spiro atoms. The van der Waals surface area contributed by atoms with Gasteiger partial charge in [0.15, 0.2) is 0 Å². The summed E-state index contributed by atoms with van der Waals surface area (Å²) < 4.78 is 10.9. The predicted octanol–water partition coefficient (Wildman–Crippen LogP) is 2.58. The van der Waals surface area contributed by atoms with E-state index in [9.17, 15) is 0 Å². The Morgan fingerprint density at radius 1 is 0.846 bits per heavy atom. The van der Waals surface area contributed by atoms with Crippen LogP contribution >= 0.6 is 0 Å². The molecule has 0 atom stereocenters. The fourth-order valence-electron chi connectivity index (χ4n) is 1.35. The van der Waals surface area contributed by atoms with Crippen LogP contribution in [0.2, 0.25) is 0 Å². The third-order valence-electron chi connectivity index (χ3n) is 3.27. The molecule has 2 nitrogen and oxygen atoms in total. The van der Waals surface area contributed by atoms with Gasteiger partial charge in [0.1, 0.15) is 6.79 Å². The average Bonchev–Trinajstić information content (AvgIpc) is 2.95. The molecule has 0 saturated heterocycles. The van der Waals surface area contributed by atoms with Crippen molar-refractivity contribution in [1.29, 1.82) is 0 Å². The first kappa shape index (κ1) is 9.47. The first-order valence-electron chi connectivity index (χ1n) is 5.28. The average molecular weight is 184 g/mol. The van der Waals surface area contributed by atoms with Crippen LogP contribution in [0.5, 0.6) is 0 Å². The molecule has 0 aromatic heterocycles. The van der Waals surface area contributed by atoms with E-state index in [2.05, 4.69) is 13.8 Å². The molecule has 0 aromatic carbocycles. The minimum Gasteiger partial charge on any atom is -0.355 e. The maximum Gasteiger partial charge on any atom is 0.146 e. The molecular weight excluding hydrogens is 164 g/mol. The Morgan fingerprint density at radius 2 is 1.23 bits per heavy atom.